The van der Waals surface area contributed by atoms with Gasteiger partial charge < -0.3 is 9.47 Å². The second-order valence-corrected chi connectivity index (χ2v) is 9.77. The summed E-state index contributed by atoms with van der Waals surface area (Å²) >= 11 is 0. The number of hydrogen-bond donors (Lipinski definition) is 0. The highest BCUT2D eigenvalue weighted by Gasteiger charge is 2.27. The van der Waals surface area contributed by atoms with Gasteiger partial charge in [-0.25, -0.2) is 17.6 Å². The van der Waals surface area contributed by atoms with Crippen molar-refractivity contribution in [3.8, 4) is 22.3 Å². The Morgan fingerprint density at radius 3 is 1.84 bits per heavy atom. The fourth-order valence-corrected chi connectivity index (χ4v) is 4.84. The van der Waals surface area contributed by atoms with E-state index in [1.165, 1.54) is 12.1 Å². The second kappa shape index (κ2) is 12.7. The van der Waals surface area contributed by atoms with Crippen LogP contribution in [0.15, 0.2) is 48.5 Å². The number of aryl methyl sites for hydroxylation is 1. The Bertz CT molecular complexity index is 1180. The van der Waals surface area contributed by atoms with Crippen LogP contribution in [0.2, 0.25) is 0 Å². The van der Waals surface area contributed by atoms with Gasteiger partial charge >= 0.3 is 0 Å². The molecule has 198 valence electrons. The lowest BCUT2D eigenvalue weighted by molar-refractivity contribution is -0.207. The predicted octanol–water partition coefficient (Wildman–Crippen LogP) is 9.16. The molecule has 3 aromatic carbocycles. The number of ether oxygens (including phenoxy) is 2. The maximum atomic E-state index is 15.0. The van der Waals surface area contributed by atoms with Crippen molar-refractivity contribution in [1.29, 1.82) is 0 Å². The van der Waals surface area contributed by atoms with E-state index in [1.54, 1.807) is 36.4 Å². The fourth-order valence-electron chi connectivity index (χ4n) is 4.84. The van der Waals surface area contributed by atoms with Gasteiger partial charge in [-0.3, -0.25) is 0 Å². The van der Waals surface area contributed by atoms with E-state index in [0.717, 1.165) is 38.5 Å². The van der Waals surface area contributed by atoms with E-state index in [-0.39, 0.29) is 22.6 Å². The number of benzene rings is 3. The van der Waals surface area contributed by atoms with Crippen LogP contribution in [0.3, 0.4) is 0 Å². The molecule has 1 saturated heterocycles. The van der Waals surface area contributed by atoms with Crippen molar-refractivity contribution >= 4 is 0 Å². The molecule has 3 aromatic rings. The Kier molecular flexibility index (Phi) is 9.38. The summed E-state index contributed by atoms with van der Waals surface area (Å²) in [6, 6.07) is 12.5. The Hall–Kier alpha value is -2.70. The van der Waals surface area contributed by atoms with E-state index >= 15 is 4.39 Å². The highest BCUT2D eigenvalue weighted by molar-refractivity contribution is 5.71. The molecule has 4 rings (SSSR count). The lowest BCUT2D eigenvalue weighted by Crippen LogP contribution is -2.27. The van der Waals surface area contributed by atoms with Crippen LogP contribution in [0.1, 0.15) is 69.8 Å². The predicted molar refractivity (Wildman–Crippen MR) is 138 cm³/mol. The van der Waals surface area contributed by atoms with Crippen LogP contribution >= 0.6 is 0 Å². The number of rotatable bonds is 10. The van der Waals surface area contributed by atoms with Crippen LogP contribution in [0.5, 0.6) is 0 Å². The van der Waals surface area contributed by atoms with E-state index in [4.69, 9.17) is 9.47 Å². The van der Waals surface area contributed by atoms with Gasteiger partial charge in [0.15, 0.2) is 29.6 Å². The van der Waals surface area contributed by atoms with Crippen LogP contribution in [-0.4, -0.2) is 13.2 Å². The van der Waals surface area contributed by atoms with Crippen molar-refractivity contribution in [2.75, 3.05) is 13.2 Å². The zero-order chi connectivity index (χ0) is 26.4. The quantitative estimate of drug-likeness (QED) is 0.198. The van der Waals surface area contributed by atoms with Gasteiger partial charge in [0.1, 0.15) is 0 Å². The van der Waals surface area contributed by atoms with Crippen molar-refractivity contribution in [2.45, 2.75) is 65.1 Å². The number of unbranched alkanes of at least 4 members (excludes halogenated alkanes) is 3. The first kappa shape index (κ1) is 27.3. The molecule has 2 nitrogen and oxygen atoms in total. The van der Waals surface area contributed by atoms with E-state index in [2.05, 4.69) is 13.8 Å². The molecule has 0 aromatic heterocycles. The first-order valence-corrected chi connectivity index (χ1v) is 13.2. The molecule has 1 aliphatic heterocycles. The first-order chi connectivity index (χ1) is 17.9. The van der Waals surface area contributed by atoms with Crippen LogP contribution in [0.4, 0.5) is 17.6 Å². The summed E-state index contributed by atoms with van der Waals surface area (Å²) in [5.41, 5.74) is 1.49. The first-order valence-electron chi connectivity index (χ1n) is 13.2. The third-order valence-electron chi connectivity index (χ3n) is 7.00. The van der Waals surface area contributed by atoms with Crippen LogP contribution in [-0.2, 0) is 15.9 Å². The maximum absolute atomic E-state index is 15.0. The molecule has 0 spiro atoms. The average molecular weight is 515 g/mol. The molecule has 0 bridgehead atoms. The Morgan fingerprint density at radius 2 is 1.24 bits per heavy atom. The third-order valence-corrected chi connectivity index (χ3v) is 7.00. The zero-order valence-electron chi connectivity index (χ0n) is 21.5. The Morgan fingerprint density at radius 1 is 0.649 bits per heavy atom. The molecular weight excluding hydrogens is 480 g/mol. The lowest BCUT2D eigenvalue weighted by atomic mass is 9.96. The van der Waals surface area contributed by atoms with Gasteiger partial charge in [0.2, 0.25) is 0 Å². The SMILES string of the molecule is CCCCCCc1ccc(-c2ccc(-c3ccc(C4OCC(CCC)CO4)c(F)c3F)cc2)c(F)c1F. The minimum atomic E-state index is -1.01. The molecule has 0 unspecified atom stereocenters. The van der Waals surface area contributed by atoms with Gasteiger partial charge in [-0.05, 0) is 36.0 Å². The van der Waals surface area contributed by atoms with Crippen molar-refractivity contribution < 1.29 is 27.0 Å². The van der Waals surface area contributed by atoms with Gasteiger partial charge in [0.25, 0.3) is 0 Å². The lowest BCUT2D eigenvalue weighted by Gasteiger charge is -2.29. The van der Waals surface area contributed by atoms with Crippen molar-refractivity contribution in [3.05, 3.63) is 82.9 Å². The maximum Gasteiger partial charge on any atom is 0.186 e. The van der Waals surface area contributed by atoms with E-state index in [9.17, 15) is 13.2 Å². The van der Waals surface area contributed by atoms with Crippen molar-refractivity contribution in [2.24, 2.45) is 5.92 Å². The molecule has 1 fully saturated rings. The standard InChI is InChI=1S/C31H34F4O2/c1-3-5-6-7-9-23-14-15-24(28(33)27(23)32)21-10-12-22(13-11-21)25-16-17-26(30(35)29(25)34)31-36-18-20(8-4-2)19-37-31/h10-17,20,31H,3-9,18-19H2,1-2H3. The Balaban J connectivity index is 1.50. The molecule has 0 N–H and O–H groups in total. The minimum absolute atomic E-state index is 0.0279. The smallest absolute Gasteiger partial charge is 0.186 e. The van der Waals surface area contributed by atoms with Crippen LogP contribution in [0, 0.1) is 29.2 Å². The molecule has 0 amide bonds. The van der Waals surface area contributed by atoms with E-state index in [0.29, 0.717) is 36.3 Å². The topological polar surface area (TPSA) is 18.5 Å². The summed E-state index contributed by atoms with van der Waals surface area (Å²) < 4.78 is 70.8. The minimum Gasteiger partial charge on any atom is -0.348 e. The molecule has 6 heteroatoms. The summed E-state index contributed by atoms with van der Waals surface area (Å²) in [5, 5.41) is 0. The molecule has 0 radical (unpaired) electrons. The third kappa shape index (κ3) is 6.24. The molecule has 0 atom stereocenters. The van der Waals surface area contributed by atoms with E-state index in [1.807, 2.05) is 0 Å². The van der Waals surface area contributed by atoms with Gasteiger partial charge in [-0.15, -0.1) is 0 Å². The number of hydrogen-bond acceptors (Lipinski definition) is 2. The summed E-state index contributed by atoms with van der Waals surface area (Å²) in [5.74, 6) is -3.47. The normalized spacial score (nSPS) is 17.8. The monoisotopic (exact) mass is 514 g/mol. The number of halogens is 4. The summed E-state index contributed by atoms with van der Waals surface area (Å²) in [4.78, 5) is 0. The van der Waals surface area contributed by atoms with Gasteiger partial charge in [0.05, 0.1) is 13.2 Å². The van der Waals surface area contributed by atoms with Crippen molar-refractivity contribution in [1.82, 2.24) is 0 Å². The highest BCUT2D eigenvalue weighted by atomic mass is 19.2. The fraction of sp³-hybridized carbons (Fsp3) is 0.419. The zero-order valence-corrected chi connectivity index (χ0v) is 21.5. The molecule has 1 heterocycles. The summed E-state index contributed by atoms with van der Waals surface area (Å²) in [6.07, 6.45) is 5.48. The molecule has 0 saturated carbocycles. The second-order valence-electron chi connectivity index (χ2n) is 9.77. The van der Waals surface area contributed by atoms with E-state index < -0.39 is 29.6 Å². The van der Waals surface area contributed by atoms with Crippen LogP contribution < -0.4 is 0 Å². The largest absolute Gasteiger partial charge is 0.348 e. The molecular formula is C31H34F4O2. The van der Waals surface area contributed by atoms with Crippen LogP contribution in [0.25, 0.3) is 22.3 Å². The highest BCUT2D eigenvalue weighted by Crippen LogP contribution is 2.35. The van der Waals surface area contributed by atoms with Gasteiger partial charge in [0, 0.05) is 22.6 Å². The molecule has 1 aliphatic rings. The van der Waals surface area contributed by atoms with Gasteiger partial charge in [-0.2, -0.15) is 0 Å². The average Bonchev–Trinajstić information content (AvgIpc) is 2.91. The van der Waals surface area contributed by atoms with Gasteiger partial charge in [-0.1, -0.05) is 88.1 Å². The van der Waals surface area contributed by atoms with Crippen molar-refractivity contribution in [3.63, 3.8) is 0 Å². The summed E-state index contributed by atoms with van der Waals surface area (Å²) in [7, 11) is 0. The Labute approximate surface area is 216 Å². The summed E-state index contributed by atoms with van der Waals surface area (Å²) in [6.45, 7) is 5.07. The molecule has 37 heavy (non-hydrogen) atoms. The molecule has 0 aliphatic carbocycles.